The Balaban J connectivity index is 1.59. The maximum absolute atomic E-state index is 12.5. The average molecular weight is 373 g/mol. The number of imidazole rings is 1. The summed E-state index contributed by atoms with van der Waals surface area (Å²) in [6.45, 7) is 4.35. The number of nitrogens with zero attached hydrogens (tertiary/aromatic N) is 4. The predicted molar refractivity (Wildman–Crippen MR) is 107 cm³/mol. The van der Waals surface area contributed by atoms with Gasteiger partial charge in [0.15, 0.2) is 0 Å². The molecule has 28 heavy (non-hydrogen) atoms. The van der Waals surface area contributed by atoms with E-state index in [-0.39, 0.29) is 11.6 Å². The maximum atomic E-state index is 12.5. The zero-order valence-corrected chi connectivity index (χ0v) is 15.6. The van der Waals surface area contributed by atoms with Gasteiger partial charge in [0.25, 0.3) is 5.91 Å². The molecule has 1 amide bonds. The largest absolute Gasteiger partial charge is 0.478 e. The third-order valence-corrected chi connectivity index (χ3v) is 4.26. The molecule has 0 aliphatic rings. The van der Waals surface area contributed by atoms with Crippen molar-refractivity contribution in [2.24, 2.45) is 0 Å². The summed E-state index contributed by atoms with van der Waals surface area (Å²) in [5.41, 5.74) is 4.67. The lowest BCUT2D eigenvalue weighted by atomic mass is 10.1. The SMILES string of the molecule is CCOc1cc(C(=O)Nc2cccc(-c3cn4cccc(C)c4n3)c2)ncn1. The number of hydrogen-bond acceptors (Lipinski definition) is 5. The van der Waals surface area contributed by atoms with Crippen LogP contribution in [-0.4, -0.2) is 31.9 Å². The fraction of sp³-hybridized carbons (Fsp3) is 0.143. The standard InChI is InChI=1S/C21H19N5O2/c1-3-28-19-11-17(22-13-23-19)21(27)24-16-8-4-7-15(10-16)18-12-26-9-5-6-14(2)20(26)25-18/h4-13H,3H2,1-2H3,(H,24,27). The monoisotopic (exact) mass is 373 g/mol. The van der Waals surface area contributed by atoms with Crippen molar-refractivity contribution >= 4 is 17.2 Å². The number of nitrogens with one attached hydrogen (secondary N) is 1. The smallest absolute Gasteiger partial charge is 0.274 e. The molecule has 0 unspecified atom stereocenters. The Morgan fingerprint density at radius 2 is 2.07 bits per heavy atom. The van der Waals surface area contributed by atoms with E-state index in [4.69, 9.17) is 9.72 Å². The maximum Gasteiger partial charge on any atom is 0.274 e. The zero-order valence-electron chi connectivity index (χ0n) is 15.6. The number of aromatic nitrogens is 4. The highest BCUT2D eigenvalue weighted by Gasteiger charge is 2.11. The molecule has 0 saturated heterocycles. The molecule has 3 heterocycles. The van der Waals surface area contributed by atoms with Crippen molar-refractivity contribution in [3.05, 3.63) is 72.4 Å². The first kappa shape index (κ1) is 17.7. The number of ether oxygens (including phenoxy) is 1. The molecular formula is C21H19N5O2. The molecule has 0 spiro atoms. The fourth-order valence-electron chi connectivity index (χ4n) is 2.93. The van der Waals surface area contributed by atoms with Gasteiger partial charge in [0.1, 0.15) is 17.7 Å². The summed E-state index contributed by atoms with van der Waals surface area (Å²) in [5, 5.41) is 2.86. The molecule has 7 heteroatoms. The van der Waals surface area contributed by atoms with Gasteiger partial charge in [0.2, 0.25) is 5.88 Å². The number of amides is 1. The molecule has 0 aliphatic heterocycles. The van der Waals surface area contributed by atoms with Gasteiger partial charge in [0.05, 0.1) is 12.3 Å². The fourth-order valence-corrected chi connectivity index (χ4v) is 2.93. The lowest BCUT2D eigenvalue weighted by Gasteiger charge is -2.07. The lowest BCUT2D eigenvalue weighted by molar-refractivity contribution is 0.102. The van der Waals surface area contributed by atoms with Crippen LogP contribution in [0.25, 0.3) is 16.9 Å². The van der Waals surface area contributed by atoms with Crippen molar-refractivity contribution in [2.45, 2.75) is 13.8 Å². The van der Waals surface area contributed by atoms with Gasteiger partial charge in [-0.15, -0.1) is 0 Å². The number of carbonyl (C=O) groups excluding carboxylic acids is 1. The molecule has 0 fully saturated rings. The van der Waals surface area contributed by atoms with Gasteiger partial charge >= 0.3 is 0 Å². The minimum absolute atomic E-state index is 0.243. The van der Waals surface area contributed by atoms with Crippen LogP contribution in [0.1, 0.15) is 23.0 Å². The van der Waals surface area contributed by atoms with E-state index in [1.165, 1.54) is 12.4 Å². The van der Waals surface area contributed by atoms with Crippen molar-refractivity contribution in [2.75, 3.05) is 11.9 Å². The first-order valence-electron chi connectivity index (χ1n) is 8.95. The number of rotatable bonds is 5. The molecule has 3 aromatic heterocycles. The number of aryl methyl sites for hydroxylation is 1. The van der Waals surface area contributed by atoms with Crippen molar-refractivity contribution in [1.29, 1.82) is 0 Å². The molecule has 7 nitrogen and oxygen atoms in total. The highest BCUT2D eigenvalue weighted by atomic mass is 16.5. The molecule has 0 atom stereocenters. The summed E-state index contributed by atoms with van der Waals surface area (Å²) in [7, 11) is 0. The molecule has 4 aromatic rings. The summed E-state index contributed by atoms with van der Waals surface area (Å²) < 4.78 is 7.31. The molecule has 0 aliphatic carbocycles. The summed E-state index contributed by atoms with van der Waals surface area (Å²) >= 11 is 0. The lowest BCUT2D eigenvalue weighted by Crippen LogP contribution is -2.14. The number of anilines is 1. The highest BCUT2D eigenvalue weighted by molar-refractivity contribution is 6.03. The first-order chi connectivity index (χ1) is 13.6. The number of benzene rings is 1. The number of pyridine rings is 1. The summed E-state index contributed by atoms with van der Waals surface area (Å²) in [6.07, 6.45) is 5.26. The Labute approximate surface area is 162 Å². The van der Waals surface area contributed by atoms with Crippen LogP contribution in [0.5, 0.6) is 5.88 Å². The van der Waals surface area contributed by atoms with E-state index in [1.54, 1.807) is 0 Å². The Morgan fingerprint density at radius 3 is 2.89 bits per heavy atom. The van der Waals surface area contributed by atoms with Crippen LogP contribution in [0.15, 0.2) is 61.2 Å². The van der Waals surface area contributed by atoms with E-state index in [0.29, 0.717) is 18.2 Å². The van der Waals surface area contributed by atoms with Crippen LogP contribution >= 0.6 is 0 Å². The van der Waals surface area contributed by atoms with Gasteiger partial charge in [0, 0.05) is 29.7 Å². The molecule has 0 saturated carbocycles. The topological polar surface area (TPSA) is 81.4 Å². The van der Waals surface area contributed by atoms with Crippen LogP contribution < -0.4 is 10.1 Å². The summed E-state index contributed by atoms with van der Waals surface area (Å²) in [6, 6.07) is 13.1. The van der Waals surface area contributed by atoms with E-state index >= 15 is 0 Å². The van der Waals surface area contributed by atoms with E-state index < -0.39 is 0 Å². The summed E-state index contributed by atoms with van der Waals surface area (Å²) in [5.74, 6) is 0.0443. The zero-order chi connectivity index (χ0) is 19.5. The molecule has 1 N–H and O–H groups in total. The number of hydrogen-bond donors (Lipinski definition) is 1. The molecular weight excluding hydrogens is 354 g/mol. The summed E-state index contributed by atoms with van der Waals surface area (Å²) in [4.78, 5) is 25.2. The van der Waals surface area contributed by atoms with Crippen LogP contribution in [0.2, 0.25) is 0 Å². The van der Waals surface area contributed by atoms with Crippen LogP contribution in [-0.2, 0) is 0 Å². The molecule has 0 bridgehead atoms. The second-order valence-electron chi connectivity index (χ2n) is 6.26. The molecule has 4 rings (SSSR count). The Kier molecular flexibility index (Phi) is 4.72. The average Bonchev–Trinajstić information content (AvgIpc) is 3.15. The van der Waals surface area contributed by atoms with Crippen molar-refractivity contribution in [1.82, 2.24) is 19.4 Å². The normalized spacial score (nSPS) is 10.8. The molecule has 0 radical (unpaired) electrons. The van der Waals surface area contributed by atoms with Gasteiger partial charge in [-0.3, -0.25) is 4.79 Å². The third kappa shape index (κ3) is 3.55. The van der Waals surface area contributed by atoms with Crippen molar-refractivity contribution in [3.8, 4) is 17.1 Å². The number of carbonyl (C=O) groups is 1. The Bertz CT molecular complexity index is 1150. The second kappa shape index (κ2) is 7.48. The van der Waals surface area contributed by atoms with Crippen LogP contribution in [0, 0.1) is 6.92 Å². The third-order valence-electron chi connectivity index (χ3n) is 4.26. The van der Waals surface area contributed by atoms with Crippen molar-refractivity contribution in [3.63, 3.8) is 0 Å². The van der Waals surface area contributed by atoms with Gasteiger partial charge < -0.3 is 14.5 Å². The Morgan fingerprint density at radius 1 is 1.18 bits per heavy atom. The van der Waals surface area contributed by atoms with Crippen LogP contribution in [0.4, 0.5) is 5.69 Å². The van der Waals surface area contributed by atoms with E-state index in [1.807, 2.05) is 67.0 Å². The second-order valence-corrected chi connectivity index (χ2v) is 6.26. The highest BCUT2D eigenvalue weighted by Crippen LogP contribution is 2.24. The van der Waals surface area contributed by atoms with Crippen LogP contribution in [0.3, 0.4) is 0 Å². The van der Waals surface area contributed by atoms with E-state index in [9.17, 15) is 4.79 Å². The van der Waals surface area contributed by atoms with E-state index in [2.05, 4.69) is 15.3 Å². The minimum Gasteiger partial charge on any atom is -0.478 e. The van der Waals surface area contributed by atoms with Gasteiger partial charge in [-0.1, -0.05) is 18.2 Å². The quantitative estimate of drug-likeness (QED) is 0.576. The van der Waals surface area contributed by atoms with E-state index in [0.717, 1.165) is 22.5 Å². The minimum atomic E-state index is -0.327. The van der Waals surface area contributed by atoms with Gasteiger partial charge in [-0.2, -0.15) is 0 Å². The predicted octanol–water partition coefficient (Wildman–Crippen LogP) is 3.75. The first-order valence-corrected chi connectivity index (χ1v) is 8.95. The molecule has 1 aromatic carbocycles. The van der Waals surface area contributed by atoms with Gasteiger partial charge in [-0.05, 0) is 37.6 Å². The number of fused-ring (bicyclic) bond motifs is 1. The van der Waals surface area contributed by atoms with Crippen molar-refractivity contribution < 1.29 is 9.53 Å². The van der Waals surface area contributed by atoms with Gasteiger partial charge in [-0.25, -0.2) is 15.0 Å². The molecule has 140 valence electrons. The Hall–Kier alpha value is -3.74.